The van der Waals surface area contributed by atoms with Gasteiger partial charge in [-0.25, -0.2) is 9.18 Å². The minimum atomic E-state index is -7.47. The third kappa shape index (κ3) is 4.19. The summed E-state index contributed by atoms with van der Waals surface area (Å²) in [4.78, 5) is 10.8. The van der Waals surface area contributed by atoms with Crippen molar-refractivity contribution in [3.05, 3.63) is 0 Å². The highest BCUT2D eigenvalue weighted by molar-refractivity contribution is 5.67. The molecule has 0 saturated heterocycles. The number of ether oxygens (including phenoxy) is 1. The molecule has 0 aliphatic carbocycles. The van der Waals surface area contributed by atoms with Crippen molar-refractivity contribution < 1.29 is 57.8 Å². The van der Waals surface area contributed by atoms with Crippen molar-refractivity contribution in [1.29, 1.82) is 0 Å². The lowest BCUT2D eigenvalue weighted by molar-refractivity contribution is -0.435. The smallest absolute Gasteiger partial charge is 0.379 e. The number of alkyl halides is 11. The van der Waals surface area contributed by atoms with Gasteiger partial charge in [0, 0.05) is 6.54 Å². The summed E-state index contributed by atoms with van der Waals surface area (Å²) >= 11 is 0. The molecule has 25 heavy (non-hydrogen) atoms. The summed E-state index contributed by atoms with van der Waals surface area (Å²) < 4.78 is 144. The number of halogens is 11. The molecule has 14 heteroatoms. The molecule has 0 rings (SSSR count). The zero-order valence-electron chi connectivity index (χ0n) is 12.3. The maximum Gasteiger partial charge on any atom is 0.474 e. The highest BCUT2D eigenvalue weighted by Crippen LogP contribution is 2.57. The van der Waals surface area contributed by atoms with E-state index in [4.69, 9.17) is 0 Å². The molecule has 0 heterocycles. The predicted octanol–water partition coefficient (Wildman–Crippen LogP) is 4.62. The van der Waals surface area contributed by atoms with E-state index in [-0.39, 0.29) is 6.42 Å². The highest BCUT2D eigenvalue weighted by Gasteiger charge is 2.87. The van der Waals surface area contributed by atoms with Crippen LogP contribution in [0, 0.1) is 0 Å². The topological polar surface area (TPSA) is 38.3 Å². The van der Waals surface area contributed by atoms with Crippen LogP contribution in [-0.2, 0) is 4.74 Å². The van der Waals surface area contributed by atoms with E-state index in [9.17, 15) is 53.1 Å². The first-order chi connectivity index (χ1) is 11.0. The van der Waals surface area contributed by atoms with E-state index in [0.29, 0.717) is 6.42 Å². The summed E-state index contributed by atoms with van der Waals surface area (Å²) in [6.07, 6.45) is -8.47. The van der Waals surface area contributed by atoms with Crippen LogP contribution in [0.4, 0.5) is 53.1 Å². The number of hydrogen-bond donors (Lipinski definition) is 1. The zero-order chi connectivity index (χ0) is 20.3. The van der Waals surface area contributed by atoms with Gasteiger partial charge in [0.15, 0.2) is 6.67 Å². The number of hydrogen-bond acceptors (Lipinski definition) is 2. The summed E-state index contributed by atoms with van der Waals surface area (Å²) in [7, 11) is 0. The Balaban J connectivity index is 5.58. The van der Waals surface area contributed by atoms with E-state index in [1.807, 2.05) is 0 Å². The van der Waals surface area contributed by atoms with E-state index in [1.54, 1.807) is 6.92 Å². The van der Waals surface area contributed by atoms with Crippen LogP contribution in [0.2, 0.25) is 0 Å². The number of rotatable bonds is 9. The lowest BCUT2D eigenvalue weighted by atomic mass is 9.98. The molecule has 0 aromatic rings. The van der Waals surface area contributed by atoms with Gasteiger partial charge < -0.3 is 10.1 Å². The monoisotopic (exact) mass is 399 g/mol. The van der Waals surface area contributed by atoms with E-state index in [1.165, 1.54) is 5.32 Å². The Morgan fingerprint density at radius 1 is 0.880 bits per heavy atom. The quantitative estimate of drug-likeness (QED) is 0.454. The predicted molar refractivity (Wildman–Crippen MR) is 60.1 cm³/mol. The standard InChI is InChI=1S/C11H12F11NO2/c1-2-3-4-23-6(24)25-11(21,22)10(19,20)9(17,18)8(15,16)7(13,14)5-12/h2-5H2,1H3,(H,23,24). The summed E-state index contributed by atoms with van der Waals surface area (Å²) in [5.74, 6) is -28.4. The summed E-state index contributed by atoms with van der Waals surface area (Å²) in [6, 6.07) is 0. The average molecular weight is 399 g/mol. The summed E-state index contributed by atoms with van der Waals surface area (Å²) in [6.45, 7) is -2.39. The van der Waals surface area contributed by atoms with E-state index in [0.717, 1.165) is 0 Å². The van der Waals surface area contributed by atoms with Gasteiger partial charge in [0.05, 0.1) is 0 Å². The molecule has 0 aliphatic rings. The number of carbonyl (C=O) groups excluding carboxylic acids is 1. The molecule has 0 radical (unpaired) electrons. The Bertz CT molecular complexity index is 467. The first kappa shape index (κ1) is 23.5. The molecule has 0 aromatic carbocycles. The SMILES string of the molecule is CCCCNC(=O)OC(F)(F)C(F)(F)C(F)(F)C(F)(F)C(F)(F)CF. The molecular weight excluding hydrogens is 387 g/mol. The van der Waals surface area contributed by atoms with Gasteiger partial charge in [-0.1, -0.05) is 13.3 Å². The normalized spacial score (nSPS) is 14.4. The second-order valence-corrected chi connectivity index (χ2v) is 4.75. The van der Waals surface area contributed by atoms with Crippen LogP contribution in [0.1, 0.15) is 19.8 Å². The number of unbranched alkanes of at least 4 members (excludes halogenated alkanes) is 1. The van der Waals surface area contributed by atoms with Crippen molar-refractivity contribution in [2.75, 3.05) is 13.2 Å². The summed E-state index contributed by atoms with van der Waals surface area (Å²) in [5, 5.41) is 1.43. The fourth-order valence-electron chi connectivity index (χ4n) is 1.28. The van der Waals surface area contributed by atoms with Crippen LogP contribution in [0.15, 0.2) is 0 Å². The Morgan fingerprint density at radius 2 is 1.36 bits per heavy atom. The third-order valence-electron chi connectivity index (χ3n) is 2.80. The van der Waals surface area contributed by atoms with Crippen molar-refractivity contribution in [2.24, 2.45) is 0 Å². The molecule has 0 aliphatic heterocycles. The second kappa shape index (κ2) is 7.40. The number of carbonyl (C=O) groups is 1. The van der Waals surface area contributed by atoms with E-state index in [2.05, 4.69) is 4.74 Å². The molecule has 0 fully saturated rings. The summed E-state index contributed by atoms with van der Waals surface area (Å²) in [5.41, 5.74) is 0. The second-order valence-electron chi connectivity index (χ2n) is 4.75. The molecule has 0 aromatic heterocycles. The highest BCUT2D eigenvalue weighted by atomic mass is 19.4. The third-order valence-corrected chi connectivity index (χ3v) is 2.80. The van der Waals surface area contributed by atoms with Crippen molar-refractivity contribution in [3.8, 4) is 0 Å². The van der Waals surface area contributed by atoms with Gasteiger partial charge in [-0.05, 0) is 6.42 Å². The van der Waals surface area contributed by atoms with Crippen LogP contribution in [0.25, 0.3) is 0 Å². The molecule has 150 valence electrons. The Labute approximate surface area is 133 Å². The average Bonchev–Trinajstić information content (AvgIpc) is 2.46. The van der Waals surface area contributed by atoms with Gasteiger partial charge in [0.25, 0.3) is 0 Å². The van der Waals surface area contributed by atoms with Crippen molar-refractivity contribution in [2.45, 2.75) is 49.6 Å². The van der Waals surface area contributed by atoms with E-state index >= 15 is 0 Å². The fourth-order valence-corrected chi connectivity index (χ4v) is 1.28. The number of amides is 1. The van der Waals surface area contributed by atoms with Crippen molar-refractivity contribution in [3.63, 3.8) is 0 Å². The molecule has 0 bridgehead atoms. The maximum atomic E-state index is 13.1. The number of nitrogens with one attached hydrogen (secondary N) is 1. The van der Waals surface area contributed by atoms with Gasteiger partial charge in [0.1, 0.15) is 0 Å². The van der Waals surface area contributed by atoms with Gasteiger partial charge in [-0.15, -0.1) is 0 Å². The lowest BCUT2D eigenvalue weighted by Gasteiger charge is -2.37. The molecular formula is C11H12F11NO2. The molecule has 0 saturated carbocycles. The minimum Gasteiger partial charge on any atom is -0.379 e. The van der Waals surface area contributed by atoms with Gasteiger partial charge in [-0.3, -0.25) is 0 Å². The van der Waals surface area contributed by atoms with Crippen LogP contribution in [0.3, 0.4) is 0 Å². The maximum absolute atomic E-state index is 13.1. The lowest BCUT2D eigenvalue weighted by Crippen LogP contribution is -2.68. The van der Waals surface area contributed by atoms with Crippen molar-refractivity contribution in [1.82, 2.24) is 5.32 Å². The van der Waals surface area contributed by atoms with Crippen LogP contribution >= 0.6 is 0 Å². The van der Waals surface area contributed by atoms with Gasteiger partial charge in [-0.2, -0.15) is 43.9 Å². The Morgan fingerprint density at radius 3 is 1.76 bits per heavy atom. The molecule has 1 amide bonds. The van der Waals surface area contributed by atoms with Crippen LogP contribution in [-0.4, -0.2) is 49.1 Å². The van der Waals surface area contributed by atoms with Gasteiger partial charge in [0.2, 0.25) is 0 Å². The molecule has 1 N–H and O–H groups in total. The minimum absolute atomic E-state index is 0.133. The van der Waals surface area contributed by atoms with Crippen LogP contribution < -0.4 is 5.32 Å². The molecule has 0 atom stereocenters. The first-order valence-corrected chi connectivity index (χ1v) is 6.43. The Hall–Kier alpha value is -1.50. The largest absolute Gasteiger partial charge is 0.474 e. The zero-order valence-corrected chi connectivity index (χ0v) is 12.3. The van der Waals surface area contributed by atoms with Gasteiger partial charge >= 0.3 is 35.9 Å². The van der Waals surface area contributed by atoms with Crippen molar-refractivity contribution >= 4 is 6.09 Å². The van der Waals surface area contributed by atoms with Crippen LogP contribution in [0.5, 0.6) is 0 Å². The Kier molecular flexibility index (Phi) is 6.95. The molecule has 0 spiro atoms. The molecule has 3 nitrogen and oxygen atoms in total. The number of alkyl carbamates (subject to hydrolysis) is 1. The first-order valence-electron chi connectivity index (χ1n) is 6.43. The fraction of sp³-hybridized carbons (Fsp3) is 0.909. The van der Waals surface area contributed by atoms with E-state index < -0.39 is 49.1 Å². The molecule has 0 unspecified atom stereocenters.